The number of ether oxygens (including phenoxy) is 1. The maximum atomic E-state index is 12.5. The third kappa shape index (κ3) is 4.42. The molecule has 3 rings (SSSR count). The zero-order valence-electron chi connectivity index (χ0n) is 12.7. The van der Waals surface area contributed by atoms with Crippen LogP contribution in [0.15, 0.2) is 71.8 Å². The van der Waals surface area contributed by atoms with Crippen molar-refractivity contribution < 1.29 is 13.2 Å². The predicted octanol–water partition coefficient (Wildman–Crippen LogP) is 4.98. The number of rotatable bonds is 5. The van der Waals surface area contributed by atoms with Gasteiger partial charge in [0.05, 0.1) is 5.69 Å². The van der Waals surface area contributed by atoms with Crippen molar-refractivity contribution in [1.82, 2.24) is 4.98 Å². The van der Waals surface area contributed by atoms with Crippen molar-refractivity contribution in [3.8, 4) is 11.5 Å². The minimum Gasteiger partial charge on any atom is -0.455 e. The molecule has 2 aromatic carbocycles. The largest absolute Gasteiger partial charge is 0.455 e. The molecule has 0 saturated carbocycles. The molecule has 8 heteroatoms. The average Bonchev–Trinajstić information content (AvgIpc) is 2.58. The van der Waals surface area contributed by atoms with E-state index in [1.807, 2.05) is 18.2 Å². The van der Waals surface area contributed by atoms with Crippen LogP contribution in [0.4, 0.5) is 5.69 Å². The van der Waals surface area contributed by atoms with Crippen molar-refractivity contribution in [2.75, 3.05) is 4.72 Å². The minimum atomic E-state index is -3.87. The SMILES string of the molecule is O=S(=O)(Nc1cc(Cl)ccc1Oc1ccccc1)c1ccc(Cl)nc1. The Kier molecular flexibility index (Phi) is 5.13. The van der Waals surface area contributed by atoms with Gasteiger partial charge in [0.1, 0.15) is 15.8 Å². The molecule has 128 valence electrons. The van der Waals surface area contributed by atoms with E-state index in [0.29, 0.717) is 16.5 Å². The zero-order valence-corrected chi connectivity index (χ0v) is 15.0. The molecule has 0 atom stereocenters. The Bertz CT molecular complexity index is 979. The van der Waals surface area contributed by atoms with E-state index in [4.69, 9.17) is 27.9 Å². The monoisotopic (exact) mass is 394 g/mol. The molecule has 0 saturated heterocycles. The smallest absolute Gasteiger partial charge is 0.263 e. The van der Waals surface area contributed by atoms with E-state index < -0.39 is 10.0 Å². The van der Waals surface area contributed by atoms with Crippen LogP contribution in [0.1, 0.15) is 0 Å². The van der Waals surface area contributed by atoms with Crippen LogP contribution in [0.5, 0.6) is 11.5 Å². The fourth-order valence-corrected chi connectivity index (χ4v) is 3.30. The highest BCUT2D eigenvalue weighted by Gasteiger charge is 2.18. The van der Waals surface area contributed by atoms with E-state index in [1.165, 1.54) is 24.4 Å². The van der Waals surface area contributed by atoms with E-state index in [2.05, 4.69) is 9.71 Å². The fourth-order valence-electron chi connectivity index (χ4n) is 2.01. The van der Waals surface area contributed by atoms with Crippen LogP contribution in [0.2, 0.25) is 10.2 Å². The molecule has 0 amide bonds. The summed E-state index contributed by atoms with van der Waals surface area (Å²) in [6.07, 6.45) is 1.17. The summed E-state index contributed by atoms with van der Waals surface area (Å²) in [5.41, 5.74) is 0.214. The maximum Gasteiger partial charge on any atom is 0.263 e. The molecule has 0 radical (unpaired) electrons. The van der Waals surface area contributed by atoms with Crippen molar-refractivity contribution in [2.24, 2.45) is 0 Å². The summed E-state index contributed by atoms with van der Waals surface area (Å²) in [5.74, 6) is 0.888. The van der Waals surface area contributed by atoms with Gasteiger partial charge in [0.25, 0.3) is 10.0 Å². The second-order valence-electron chi connectivity index (χ2n) is 4.98. The highest BCUT2D eigenvalue weighted by molar-refractivity contribution is 7.92. The van der Waals surface area contributed by atoms with Gasteiger partial charge in [-0.05, 0) is 42.5 Å². The first-order chi connectivity index (χ1) is 11.9. The van der Waals surface area contributed by atoms with Gasteiger partial charge in [-0.3, -0.25) is 4.72 Å². The lowest BCUT2D eigenvalue weighted by Crippen LogP contribution is -2.13. The topological polar surface area (TPSA) is 68.3 Å². The third-order valence-electron chi connectivity index (χ3n) is 3.17. The first-order valence-electron chi connectivity index (χ1n) is 7.11. The Morgan fingerprint density at radius 2 is 1.72 bits per heavy atom. The lowest BCUT2D eigenvalue weighted by atomic mass is 10.3. The molecule has 0 aliphatic heterocycles. The Labute approximate surface area is 155 Å². The van der Waals surface area contributed by atoms with Gasteiger partial charge >= 0.3 is 0 Å². The summed E-state index contributed by atoms with van der Waals surface area (Å²) < 4.78 is 33.3. The summed E-state index contributed by atoms with van der Waals surface area (Å²) in [4.78, 5) is 3.76. The third-order valence-corrected chi connectivity index (χ3v) is 4.98. The summed E-state index contributed by atoms with van der Waals surface area (Å²) in [6.45, 7) is 0. The highest BCUT2D eigenvalue weighted by Crippen LogP contribution is 2.33. The number of benzene rings is 2. The molecule has 0 aliphatic carbocycles. The number of sulfonamides is 1. The highest BCUT2D eigenvalue weighted by atomic mass is 35.5. The normalized spacial score (nSPS) is 11.1. The maximum absolute atomic E-state index is 12.5. The number of nitrogens with one attached hydrogen (secondary N) is 1. The molecule has 0 bridgehead atoms. The van der Waals surface area contributed by atoms with E-state index in [-0.39, 0.29) is 15.7 Å². The molecular formula is C17H12Cl2N2O3S. The summed E-state index contributed by atoms with van der Waals surface area (Å²) in [5, 5.41) is 0.571. The fraction of sp³-hybridized carbons (Fsp3) is 0. The molecule has 0 aliphatic rings. The van der Waals surface area contributed by atoms with Crippen LogP contribution in [-0.2, 0) is 10.0 Å². The van der Waals surface area contributed by atoms with Crippen LogP contribution < -0.4 is 9.46 Å². The van der Waals surface area contributed by atoms with Crippen molar-refractivity contribution in [1.29, 1.82) is 0 Å². The minimum absolute atomic E-state index is 0.0254. The molecule has 0 fully saturated rings. The van der Waals surface area contributed by atoms with Gasteiger partial charge in [0.2, 0.25) is 0 Å². The van der Waals surface area contributed by atoms with Crippen molar-refractivity contribution in [3.63, 3.8) is 0 Å². The van der Waals surface area contributed by atoms with Gasteiger partial charge in [-0.15, -0.1) is 0 Å². The van der Waals surface area contributed by atoms with Crippen molar-refractivity contribution in [3.05, 3.63) is 77.0 Å². The summed E-state index contributed by atoms with van der Waals surface area (Å²) in [6, 6.07) is 16.4. The zero-order chi connectivity index (χ0) is 17.9. The van der Waals surface area contributed by atoms with E-state index in [0.717, 1.165) is 0 Å². The number of nitrogens with zero attached hydrogens (tertiary/aromatic N) is 1. The number of pyridine rings is 1. The number of hydrogen-bond donors (Lipinski definition) is 1. The molecule has 3 aromatic rings. The van der Waals surface area contributed by atoms with Crippen LogP contribution >= 0.6 is 23.2 Å². The number of halogens is 2. The number of anilines is 1. The molecule has 0 unspecified atom stereocenters. The van der Waals surface area contributed by atoms with Crippen molar-refractivity contribution in [2.45, 2.75) is 4.90 Å². The lowest BCUT2D eigenvalue weighted by molar-refractivity contribution is 0.485. The Morgan fingerprint density at radius 3 is 2.40 bits per heavy atom. The summed E-state index contributed by atoms with van der Waals surface area (Å²) in [7, 11) is -3.87. The molecule has 1 aromatic heterocycles. The van der Waals surface area contributed by atoms with Gasteiger partial charge in [-0.25, -0.2) is 13.4 Å². The Morgan fingerprint density at radius 1 is 0.960 bits per heavy atom. The van der Waals surface area contributed by atoms with E-state index >= 15 is 0 Å². The van der Waals surface area contributed by atoms with Gasteiger partial charge in [0.15, 0.2) is 5.75 Å². The molecule has 25 heavy (non-hydrogen) atoms. The lowest BCUT2D eigenvalue weighted by Gasteiger charge is -2.14. The van der Waals surface area contributed by atoms with Gasteiger partial charge in [0, 0.05) is 11.2 Å². The number of hydrogen-bond acceptors (Lipinski definition) is 4. The second kappa shape index (κ2) is 7.31. The molecule has 0 spiro atoms. The number of aromatic nitrogens is 1. The van der Waals surface area contributed by atoms with Gasteiger partial charge in [-0.2, -0.15) is 0 Å². The first kappa shape index (κ1) is 17.5. The molecular weight excluding hydrogens is 383 g/mol. The molecule has 1 N–H and O–H groups in total. The van der Waals surface area contributed by atoms with Crippen LogP contribution in [0.3, 0.4) is 0 Å². The Balaban J connectivity index is 1.93. The Hall–Kier alpha value is -2.28. The predicted molar refractivity (Wildman–Crippen MR) is 98.0 cm³/mol. The summed E-state index contributed by atoms with van der Waals surface area (Å²) >= 11 is 11.7. The molecule has 1 heterocycles. The quantitative estimate of drug-likeness (QED) is 0.619. The van der Waals surface area contributed by atoms with Crippen LogP contribution in [-0.4, -0.2) is 13.4 Å². The first-order valence-corrected chi connectivity index (χ1v) is 9.35. The van der Waals surface area contributed by atoms with E-state index in [1.54, 1.807) is 24.3 Å². The average molecular weight is 395 g/mol. The van der Waals surface area contributed by atoms with Gasteiger partial charge < -0.3 is 4.74 Å². The van der Waals surface area contributed by atoms with Crippen LogP contribution in [0, 0.1) is 0 Å². The van der Waals surface area contributed by atoms with Gasteiger partial charge in [-0.1, -0.05) is 41.4 Å². The van der Waals surface area contributed by atoms with E-state index in [9.17, 15) is 8.42 Å². The van der Waals surface area contributed by atoms with Crippen LogP contribution in [0.25, 0.3) is 0 Å². The standard InChI is InChI=1S/C17H12Cl2N2O3S/c18-12-6-8-16(24-13-4-2-1-3-5-13)15(10-12)21-25(22,23)14-7-9-17(19)20-11-14/h1-11,21H. The number of para-hydroxylation sites is 1. The molecule has 5 nitrogen and oxygen atoms in total. The second-order valence-corrected chi connectivity index (χ2v) is 7.48. The van der Waals surface area contributed by atoms with Crippen molar-refractivity contribution >= 4 is 38.9 Å².